The molecule has 0 heterocycles. The second kappa shape index (κ2) is 9.66. The normalized spacial score (nSPS) is 12.7. The van der Waals surface area contributed by atoms with Gasteiger partial charge in [-0.2, -0.15) is 13.2 Å². The second-order valence-corrected chi connectivity index (χ2v) is 5.37. The van der Waals surface area contributed by atoms with E-state index in [1.165, 1.54) is 36.9 Å². The topological polar surface area (TPSA) is 17.1 Å². The van der Waals surface area contributed by atoms with E-state index < -0.39 is 11.7 Å². The number of ketones is 1. The van der Waals surface area contributed by atoms with Gasteiger partial charge in [-0.15, -0.1) is 11.8 Å². The smallest absolute Gasteiger partial charge is 0.295 e. The molecule has 118 valence electrons. The number of hydrogen-bond acceptors (Lipinski definition) is 2. The molecule has 21 heavy (non-hydrogen) atoms. The zero-order chi connectivity index (χ0) is 16.5. The Morgan fingerprint density at radius 1 is 1.24 bits per heavy atom. The van der Waals surface area contributed by atoms with Crippen molar-refractivity contribution >= 4 is 17.5 Å². The zero-order valence-corrected chi connectivity index (χ0v) is 13.5. The predicted octanol–water partition coefficient (Wildman–Crippen LogP) is 5.61. The van der Waals surface area contributed by atoms with Gasteiger partial charge in [-0.3, -0.25) is 4.79 Å². The molecule has 1 unspecified atom stereocenters. The van der Waals surface area contributed by atoms with E-state index in [2.05, 4.69) is 0 Å². The Morgan fingerprint density at radius 2 is 1.76 bits per heavy atom. The van der Waals surface area contributed by atoms with Gasteiger partial charge in [0, 0.05) is 10.6 Å². The second-order valence-electron chi connectivity index (χ2n) is 4.28. The van der Waals surface area contributed by atoms with Crippen molar-refractivity contribution in [2.75, 3.05) is 5.75 Å². The lowest BCUT2D eigenvalue weighted by Crippen LogP contribution is -2.04. The van der Waals surface area contributed by atoms with Crippen LogP contribution in [0.1, 0.15) is 33.3 Å². The summed E-state index contributed by atoms with van der Waals surface area (Å²) < 4.78 is 37.1. The predicted molar refractivity (Wildman–Crippen MR) is 82.5 cm³/mol. The number of allylic oxidation sites excluding steroid dienone is 2. The number of carbonyl (C=O) groups is 1. The Hall–Kier alpha value is -1.23. The monoisotopic (exact) mass is 318 g/mol. The first-order chi connectivity index (χ1) is 9.79. The van der Waals surface area contributed by atoms with Crippen LogP contribution >= 0.6 is 11.8 Å². The molecule has 0 aliphatic carbocycles. The first-order valence-electron chi connectivity index (χ1n) is 6.78. The van der Waals surface area contributed by atoms with Crippen LogP contribution in [0.2, 0.25) is 0 Å². The van der Waals surface area contributed by atoms with Gasteiger partial charge in [0.05, 0.1) is 5.56 Å². The SMILES string of the molecule is CC.CC(=O)/C=C/C(C)CSc1ccc(C(F)(F)F)cc1. The molecule has 1 atom stereocenters. The summed E-state index contributed by atoms with van der Waals surface area (Å²) in [5.74, 6) is 0.900. The molecule has 0 N–H and O–H groups in total. The van der Waals surface area contributed by atoms with Gasteiger partial charge in [0.2, 0.25) is 0 Å². The van der Waals surface area contributed by atoms with Crippen molar-refractivity contribution in [3.05, 3.63) is 42.0 Å². The maximum atomic E-state index is 12.4. The van der Waals surface area contributed by atoms with Crippen molar-refractivity contribution in [2.45, 2.75) is 38.8 Å². The first kappa shape index (κ1) is 19.8. The largest absolute Gasteiger partial charge is 0.416 e. The van der Waals surface area contributed by atoms with Crippen LogP contribution in [0, 0.1) is 5.92 Å². The molecule has 0 saturated heterocycles. The minimum Gasteiger partial charge on any atom is -0.295 e. The van der Waals surface area contributed by atoms with Gasteiger partial charge in [-0.25, -0.2) is 0 Å². The maximum Gasteiger partial charge on any atom is 0.416 e. The van der Waals surface area contributed by atoms with E-state index >= 15 is 0 Å². The van der Waals surface area contributed by atoms with Gasteiger partial charge >= 0.3 is 6.18 Å². The minimum absolute atomic E-state index is 0.00798. The summed E-state index contributed by atoms with van der Waals surface area (Å²) in [7, 11) is 0. The zero-order valence-electron chi connectivity index (χ0n) is 12.7. The molecule has 0 saturated carbocycles. The van der Waals surface area contributed by atoms with Crippen LogP contribution in [0.15, 0.2) is 41.3 Å². The van der Waals surface area contributed by atoms with Crippen molar-refractivity contribution in [3.8, 4) is 0 Å². The number of alkyl halides is 3. The lowest BCUT2D eigenvalue weighted by molar-refractivity contribution is -0.137. The summed E-state index contributed by atoms with van der Waals surface area (Å²) in [5, 5.41) is 0. The Balaban J connectivity index is 0.00000191. The van der Waals surface area contributed by atoms with Crippen molar-refractivity contribution in [3.63, 3.8) is 0 Å². The number of carbonyl (C=O) groups excluding carboxylic acids is 1. The molecule has 0 radical (unpaired) electrons. The highest BCUT2D eigenvalue weighted by atomic mass is 32.2. The van der Waals surface area contributed by atoms with E-state index in [9.17, 15) is 18.0 Å². The summed E-state index contributed by atoms with van der Waals surface area (Å²) in [4.78, 5) is 11.5. The molecule has 0 aromatic heterocycles. The van der Waals surface area contributed by atoms with Gasteiger partial charge in [-0.05, 0) is 43.2 Å². The highest BCUT2D eigenvalue weighted by Gasteiger charge is 2.29. The minimum atomic E-state index is -4.29. The lowest BCUT2D eigenvalue weighted by atomic mass is 10.2. The van der Waals surface area contributed by atoms with Crippen LogP contribution in [0.25, 0.3) is 0 Å². The molecule has 0 aliphatic rings. The van der Waals surface area contributed by atoms with Gasteiger partial charge in [0.1, 0.15) is 0 Å². The van der Waals surface area contributed by atoms with Crippen LogP contribution in [0.5, 0.6) is 0 Å². The maximum absolute atomic E-state index is 12.4. The van der Waals surface area contributed by atoms with Crippen molar-refractivity contribution in [1.82, 2.24) is 0 Å². The summed E-state index contributed by atoms with van der Waals surface area (Å²) in [6, 6.07) is 5.10. The van der Waals surface area contributed by atoms with Gasteiger partial charge < -0.3 is 0 Å². The molecule has 0 aliphatic heterocycles. The molecular weight excluding hydrogens is 297 g/mol. The lowest BCUT2D eigenvalue weighted by Gasteiger charge is -2.08. The van der Waals surface area contributed by atoms with Gasteiger partial charge in [-0.1, -0.05) is 26.8 Å². The van der Waals surface area contributed by atoms with Crippen LogP contribution in [0.3, 0.4) is 0 Å². The molecule has 1 aromatic carbocycles. The first-order valence-corrected chi connectivity index (χ1v) is 7.76. The third-order valence-corrected chi connectivity index (χ3v) is 3.65. The van der Waals surface area contributed by atoms with Crippen LogP contribution in [-0.2, 0) is 11.0 Å². The average Bonchev–Trinajstić information content (AvgIpc) is 2.44. The van der Waals surface area contributed by atoms with E-state index in [1.807, 2.05) is 20.8 Å². The van der Waals surface area contributed by atoms with Crippen LogP contribution in [-0.4, -0.2) is 11.5 Å². The third kappa shape index (κ3) is 8.60. The van der Waals surface area contributed by atoms with Crippen molar-refractivity contribution in [2.24, 2.45) is 5.92 Å². The summed E-state index contributed by atoms with van der Waals surface area (Å²) >= 11 is 1.47. The quantitative estimate of drug-likeness (QED) is 0.519. The highest BCUT2D eigenvalue weighted by molar-refractivity contribution is 7.99. The van der Waals surface area contributed by atoms with E-state index in [0.29, 0.717) is 0 Å². The van der Waals surface area contributed by atoms with Gasteiger partial charge in [0.25, 0.3) is 0 Å². The Kier molecular flexibility index (Phi) is 9.09. The van der Waals surface area contributed by atoms with Crippen LogP contribution in [0.4, 0.5) is 13.2 Å². The number of hydrogen-bond donors (Lipinski definition) is 0. The third-order valence-electron chi connectivity index (χ3n) is 2.35. The fraction of sp³-hybridized carbons (Fsp3) is 0.438. The standard InChI is InChI=1S/C14H15F3OS.C2H6/c1-10(3-4-11(2)18)9-19-13-7-5-12(6-8-13)14(15,16)17;1-2/h3-8,10H,9H2,1-2H3;1-2H3/b4-3+;. The Morgan fingerprint density at radius 3 is 2.19 bits per heavy atom. The highest BCUT2D eigenvalue weighted by Crippen LogP contribution is 2.31. The van der Waals surface area contributed by atoms with E-state index in [4.69, 9.17) is 0 Å². The number of rotatable bonds is 5. The average molecular weight is 318 g/mol. The fourth-order valence-corrected chi connectivity index (χ4v) is 2.22. The van der Waals surface area contributed by atoms with Crippen molar-refractivity contribution in [1.29, 1.82) is 0 Å². The molecule has 5 heteroatoms. The number of thioether (sulfide) groups is 1. The van der Waals surface area contributed by atoms with E-state index in [0.717, 1.165) is 22.8 Å². The molecule has 0 bridgehead atoms. The Labute approximate surface area is 128 Å². The van der Waals surface area contributed by atoms with E-state index in [1.54, 1.807) is 6.08 Å². The van der Waals surface area contributed by atoms with E-state index in [-0.39, 0.29) is 11.7 Å². The molecular formula is C16H21F3OS. The van der Waals surface area contributed by atoms with Crippen molar-refractivity contribution < 1.29 is 18.0 Å². The summed E-state index contributed by atoms with van der Waals surface area (Å²) in [6.07, 6.45) is -0.974. The summed E-state index contributed by atoms with van der Waals surface area (Å²) in [5.41, 5.74) is -0.638. The molecule has 1 rings (SSSR count). The number of halogens is 3. The Bertz CT molecular complexity index is 450. The summed E-state index contributed by atoms with van der Waals surface area (Å²) in [6.45, 7) is 7.43. The molecule has 0 amide bonds. The fourth-order valence-electron chi connectivity index (χ4n) is 1.32. The molecule has 0 fully saturated rings. The van der Waals surface area contributed by atoms with Gasteiger partial charge in [0.15, 0.2) is 5.78 Å². The molecule has 0 spiro atoms. The number of benzene rings is 1. The van der Waals surface area contributed by atoms with Crippen LogP contribution < -0.4 is 0 Å². The molecule has 1 nitrogen and oxygen atoms in total. The molecule has 1 aromatic rings.